The van der Waals surface area contributed by atoms with Crippen LogP contribution in [0.4, 0.5) is 5.69 Å². The molecule has 1 N–H and O–H groups in total. The van der Waals surface area contributed by atoms with Crippen molar-refractivity contribution >= 4 is 23.2 Å². The molecular formula is C12H14ClN3O. The van der Waals surface area contributed by atoms with Crippen LogP contribution >= 0.6 is 11.6 Å². The molecule has 0 bridgehead atoms. The Bertz CT molecular complexity index is 434. The second-order valence-corrected chi connectivity index (χ2v) is 5.01. The summed E-state index contributed by atoms with van der Waals surface area (Å²) in [6.07, 6.45) is 4.52. The zero-order valence-corrected chi connectivity index (χ0v) is 10.2. The van der Waals surface area contributed by atoms with E-state index in [0.717, 1.165) is 25.1 Å². The molecule has 1 aromatic rings. The summed E-state index contributed by atoms with van der Waals surface area (Å²) in [7, 11) is 0. The van der Waals surface area contributed by atoms with Gasteiger partial charge in [0.05, 0.1) is 24.0 Å². The molecule has 90 valence electrons. The Morgan fingerprint density at radius 2 is 2.35 bits per heavy atom. The number of nitrogens with zero attached hydrogens (tertiary/aromatic N) is 2. The van der Waals surface area contributed by atoms with Crippen molar-refractivity contribution in [1.29, 1.82) is 0 Å². The van der Waals surface area contributed by atoms with E-state index in [1.165, 1.54) is 0 Å². The SMILES string of the molecule is O=C1CC(Nc2ccc(Cl)nc2)C2CCCN12. The first-order chi connectivity index (χ1) is 8.24. The average Bonchev–Trinajstić information content (AvgIpc) is 2.88. The Kier molecular flexibility index (Phi) is 2.67. The lowest BCUT2D eigenvalue weighted by atomic mass is 10.1. The highest BCUT2D eigenvalue weighted by atomic mass is 35.5. The van der Waals surface area contributed by atoms with Gasteiger partial charge in [-0.2, -0.15) is 0 Å². The van der Waals surface area contributed by atoms with Crippen LogP contribution in [0, 0.1) is 0 Å². The van der Waals surface area contributed by atoms with Crippen LogP contribution in [0.1, 0.15) is 19.3 Å². The van der Waals surface area contributed by atoms with Crippen molar-refractivity contribution in [3.05, 3.63) is 23.5 Å². The number of carbonyl (C=O) groups excluding carboxylic acids is 1. The Morgan fingerprint density at radius 1 is 1.47 bits per heavy atom. The molecule has 3 rings (SSSR count). The van der Waals surface area contributed by atoms with Crippen LogP contribution in [0.2, 0.25) is 5.15 Å². The number of halogens is 1. The summed E-state index contributed by atoms with van der Waals surface area (Å²) in [5, 5.41) is 3.87. The molecule has 0 spiro atoms. The molecule has 1 aromatic heterocycles. The third kappa shape index (κ3) is 1.97. The maximum Gasteiger partial charge on any atom is 0.225 e. The van der Waals surface area contributed by atoms with Gasteiger partial charge in [-0.05, 0) is 25.0 Å². The first-order valence-electron chi connectivity index (χ1n) is 5.91. The topological polar surface area (TPSA) is 45.2 Å². The largest absolute Gasteiger partial charge is 0.378 e. The summed E-state index contributed by atoms with van der Waals surface area (Å²) < 4.78 is 0. The van der Waals surface area contributed by atoms with Gasteiger partial charge in [-0.25, -0.2) is 4.98 Å². The number of hydrogen-bond acceptors (Lipinski definition) is 3. The maximum atomic E-state index is 11.8. The van der Waals surface area contributed by atoms with Gasteiger partial charge in [0, 0.05) is 13.0 Å². The lowest BCUT2D eigenvalue weighted by molar-refractivity contribution is -0.127. The zero-order chi connectivity index (χ0) is 11.8. The minimum Gasteiger partial charge on any atom is -0.378 e. The highest BCUT2D eigenvalue weighted by Crippen LogP contribution is 2.31. The standard InChI is InChI=1S/C12H14ClN3O/c13-11-4-3-8(7-14-11)15-9-6-12(17)16-5-1-2-10(9)16/h3-4,7,9-10,15H,1-2,5-6H2. The van der Waals surface area contributed by atoms with Crippen LogP contribution in [0.5, 0.6) is 0 Å². The molecule has 0 aromatic carbocycles. The molecule has 2 atom stereocenters. The van der Waals surface area contributed by atoms with E-state index in [-0.39, 0.29) is 11.9 Å². The quantitative estimate of drug-likeness (QED) is 0.817. The van der Waals surface area contributed by atoms with Gasteiger partial charge in [-0.3, -0.25) is 4.79 Å². The molecule has 2 saturated heterocycles. The fraction of sp³-hybridized carbons (Fsp3) is 0.500. The lowest BCUT2D eigenvalue weighted by Crippen LogP contribution is -2.34. The van der Waals surface area contributed by atoms with Crippen molar-refractivity contribution in [3.63, 3.8) is 0 Å². The molecule has 5 heteroatoms. The first kappa shape index (κ1) is 10.8. The van der Waals surface area contributed by atoms with Gasteiger partial charge in [0.2, 0.25) is 5.91 Å². The number of fused-ring (bicyclic) bond motifs is 1. The fourth-order valence-corrected chi connectivity index (χ4v) is 2.90. The number of nitrogens with one attached hydrogen (secondary N) is 1. The maximum absolute atomic E-state index is 11.8. The second-order valence-electron chi connectivity index (χ2n) is 4.62. The van der Waals surface area contributed by atoms with Crippen LogP contribution in [-0.4, -0.2) is 34.4 Å². The van der Waals surface area contributed by atoms with Crippen molar-refractivity contribution in [2.75, 3.05) is 11.9 Å². The molecule has 2 unspecified atom stereocenters. The van der Waals surface area contributed by atoms with Crippen molar-refractivity contribution in [3.8, 4) is 0 Å². The van der Waals surface area contributed by atoms with Crippen molar-refractivity contribution < 1.29 is 4.79 Å². The van der Waals surface area contributed by atoms with Crippen LogP contribution < -0.4 is 5.32 Å². The number of hydrogen-bond donors (Lipinski definition) is 1. The predicted molar refractivity (Wildman–Crippen MR) is 66.0 cm³/mol. The van der Waals surface area contributed by atoms with Crippen molar-refractivity contribution in [2.45, 2.75) is 31.3 Å². The van der Waals surface area contributed by atoms with E-state index in [2.05, 4.69) is 10.3 Å². The molecule has 4 nitrogen and oxygen atoms in total. The predicted octanol–water partition coefficient (Wildman–Crippen LogP) is 1.91. The molecule has 0 radical (unpaired) electrons. The minimum atomic E-state index is 0.216. The van der Waals surface area contributed by atoms with E-state index < -0.39 is 0 Å². The highest BCUT2D eigenvalue weighted by Gasteiger charge is 2.42. The smallest absolute Gasteiger partial charge is 0.225 e. The number of carbonyl (C=O) groups is 1. The second kappa shape index (κ2) is 4.18. The summed E-state index contributed by atoms with van der Waals surface area (Å²) >= 11 is 5.74. The van der Waals surface area contributed by atoms with Gasteiger partial charge in [-0.15, -0.1) is 0 Å². The van der Waals surface area contributed by atoms with Gasteiger partial charge in [0.1, 0.15) is 5.15 Å². The fourth-order valence-electron chi connectivity index (χ4n) is 2.78. The molecular weight excluding hydrogens is 238 g/mol. The molecule has 2 aliphatic heterocycles. The number of aromatic nitrogens is 1. The monoisotopic (exact) mass is 251 g/mol. The number of amides is 1. The average molecular weight is 252 g/mol. The van der Waals surface area contributed by atoms with Crippen LogP contribution in [0.25, 0.3) is 0 Å². The van der Waals surface area contributed by atoms with E-state index in [9.17, 15) is 4.79 Å². The number of rotatable bonds is 2. The Morgan fingerprint density at radius 3 is 3.12 bits per heavy atom. The highest BCUT2D eigenvalue weighted by molar-refractivity contribution is 6.29. The molecule has 2 aliphatic rings. The van der Waals surface area contributed by atoms with Crippen molar-refractivity contribution in [2.24, 2.45) is 0 Å². The van der Waals surface area contributed by atoms with E-state index in [0.29, 0.717) is 17.6 Å². The third-order valence-corrected chi connectivity index (χ3v) is 3.78. The summed E-state index contributed by atoms with van der Waals surface area (Å²) in [6, 6.07) is 4.23. The Labute approximate surface area is 105 Å². The molecule has 3 heterocycles. The van der Waals surface area contributed by atoms with Gasteiger partial charge >= 0.3 is 0 Å². The van der Waals surface area contributed by atoms with Crippen molar-refractivity contribution in [1.82, 2.24) is 9.88 Å². The lowest BCUT2D eigenvalue weighted by Gasteiger charge is -2.21. The Hall–Kier alpha value is -1.29. The summed E-state index contributed by atoms with van der Waals surface area (Å²) in [5.41, 5.74) is 0.931. The molecule has 0 aliphatic carbocycles. The molecule has 0 saturated carbocycles. The van der Waals surface area contributed by atoms with E-state index in [4.69, 9.17) is 11.6 Å². The Balaban J connectivity index is 1.73. The number of pyridine rings is 1. The summed E-state index contributed by atoms with van der Waals surface area (Å²) in [5.74, 6) is 0.270. The molecule has 17 heavy (non-hydrogen) atoms. The molecule has 1 amide bonds. The zero-order valence-electron chi connectivity index (χ0n) is 9.40. The summed E-state index contributed by atoms with van der Waals surface area (Å²) in [6.45, 7) is 0.917. The van der Waals surface area contributed by atoms with Crippen LogP contribution in [-0.2, 0) is 4.79 Å². The normalized spacial score (nSPS) is 27.4. The number of anilines is 1. The minimum absolute atomic E-state index is 0.216. The van der Waals surface area contributed by atoms with Gasteiger partial charge in [-0.1, -0.05) is 11.6 Å². The van der Waals surface area contributed by atoms with Gasteiger partial charge < -0.3 is 10.2 Å². The van der Waals surface area contributed by atoms with E-state index >= 15 is 0 Å². The first-order valence-corrected chi connectivity index (χ1v) is 6.29. The van der Waals surface area contributed by atoms with E-state index in [1.807, 2.05) is 11.0 Å². The van der Waals surface area contributed by atoms with Gasteiger partial charge in [0.15, 0.2) is 0 Å². The van der Waals surface area contributed by atoms with Gasteiger partial charge in [0.25, 0.3) is 0 Å². The van der Waals surface area contributed by atoms with Crippen LogP contribution in [0.15, 0.2) is 18.3 Å². The third-order valence-electron chi connectivity index (χ3n) is 3.56. The molecule has 2 fully saturated rings. The van der Waals surface area contributed by atoms with E-state index in [1.54, 1.807) is 12.3 Å². The van der Waals surface area contributed by atoms with Crippen LogP contribution in [0.3, 0.4) is 0 Å². The summed E-state index contributed by atoms with van der Waals surface area (Å²) in [4.78, 5) is 17.8.